The first-order valence-electron chi connectivity index (χ1n) is 16.2. The minimum absolute atomic E-state index is 0.128. The summed E-state index contributed by atoms with van der Waals surface area (Å²) in [5.41, 5.74) is 2.33. The van der Waals surface area contributed by atoms with Crippen LogP contribution in [0.2, 0.25) is 0 Å². The van der Waals surface area contributed by atoms with Crippen LogP contribution in [-0.2, 0) is 25.7 Å². The topological polar surface area (TPSA) is 142 Å². The molecule has 13 nitrogen and oxygen atoms in total. The maximum atomic E-state index is 14.3. The summed E-state index contributed by atoms with van der Waals surface area (Å²) in [6.07, 6.45) is 1.73. The third-order valence-corrected chi connectivity index (χ3v) is 9.74. The second-order valence-corrected chi connectivity index (χ2v) is 13.2. The molecule has 2 aliphatic heterocycles. The number of halogens is 1. The van der Waals surface area contributed by atoms with Crippen LogP contribution in [0.5, 0.6) is 34.5 Å². The quantitative estimate of drug-likeness (QED) is 0.172. The molecule has 15 heteroatoms. The highest BCUT2D eigenvalue weighted by Gasteiger charge is 2.34. The lowest BCUT2D eigenvalue weighted by molar-refractivity contribution is -0.143. The number of thiazole rings is 1. The summed E-state index contributed by atoms with van der Waals surface area (Å²) in [6.45, 7) is 5.75. The molecule has 0 amide bonds. The van der Waals surface area contributed by atoms with Crippen molar-refractivity contribution < 1.29 is 47.5 Å². The predicted molar refractivity (Wildman–Crippen MR) is 193 cm³/mol. The summed E-state index contributed by atoms with van der Waals surface area (Å²) < 4.78 is 46.8. The smallest absolute Gasteiger partial charge is 0.343 e. The highest BCUT2D eigenvalue weighted by Crippen LogP contribution is 2.38. The fourth-order valence-electron chi connectivity index (χ4n) is 5.65. The molecular formula is C37H35BrN2O11S. The van der Waals surface area contributed by atoms with E-state index in [4.69, 9.17) is 37.9 Å². The summed E-state index contributed by atoms with van der Waals surface area (Å²) in [6, 6.07) is 13.3. The molecule has 1 atom stereocenters. The van der Waals surface area contributed by atoms with Gasteiger partial charge in [0.25, 0.3) is 5.56 Å². The monoisotopic (exact) mass is 794 g/mol. The fraction of sp³-hybridized carbons (Fsp3) is 0.297. The number of esters is 2. The fourth-order valence-corrected chi connectivity index (χ4v) is 7.13. The molecule has 0 bridgehead atoms. The van der Waals surface area contributed by atoms with Gasteiger partial charge in [0.05, 0.1) is 49.3 Å². The maximum absolute atomic E-state index is 14.3. The van der Waals surface area contributed by atoms with Crippen molar-refractivity contribution in [3.63, 3.8) is 0 Å². The van der Waals surface area contributed by atoms with Crippen LogP contribution in [0.15, 0.2) is 74.1 Å². The number of aromatic nitrogens is 1. The van der Waals surface area contributed by atoms with E-state index in [9.17, 15) is 14.4 Å². The third kappa shape index (κ3) is 7.51. The van der Waals surface area contributed by atoms with Gasteiger partial charge in [-0.1, -0.05) is 39.4 Å². The minimum Gasteiger partial charge on any atom is -0.493 e. The maximum Gasteiger partial charge on any atom is 0.343 e. The van der Waals surface area contributed by atoms with Crippen molar-refractivity contribution in [2.24, 2.45) is 4.99 Å². The van der Waals surface area contributed by atoms with E-state index in [0.717, 1.165) is 5.56 Å². The molecule has 0 aliphatic carbocycles. The van der Waals surface area contributed by atoms with Crippen molar-refractivity contribution in [2.75, 3.05) is 40.8 Å². The summed E-state index contributed by atoms with van der Waals surface area (Å²) in [5, 5.41) is 0. The summed E-state index contributed by atoms with van der Waals surface area (Å²) in [5.74, 6) is 1.75. The number of carbonyl (C=O) groups excluding carboxylic acids is 2. The minimum atomic E-state index is -0.906. The predicted octanol–water partition coefficient (Wildman–Crippen LogP) is 4.83. The van der Waals surface area contributed by atoms with Crippen LogP contribution in [0.4, 0.5) is 0 Å². The number of rotatable bonds is 13. The van der Waals surface area contributed by atoms with Gasteiger partial charge < -0.3 is 37.9 Å². The van der Waals surface area contributed by atoms with Crippen molar-refractivity contribution >= 4 is 45.3 Å². The normalized spacial score (nSPS) is 14.7. The lowest BCUT2D eigenvalue weighted by Gasteiger charge is -2.25. The van der Waals surface area contributed by atoms with Crippen LogP contribution in [0.1, 0.15) is 43.5 Å². The second kappa shape index (κ2) is 15.9. The highest BCUT2D eigenvalue weighted by atomic mass is 79.9. The Hall–Kier alpha value is -5.28. The Morgan fingerprint density at radius 1 is 0.962 bits per heavy atom. The average Bonchev–Trinajstić information content (AvgIpc) is 3.73. The van der Waals surface area contributed by atoms with Crippen LogP contribution in [0, 0.1) is 0 Å². The first-order valence-corrected chi connectivity index (χ1v) is 17.8. The Kier molecular flexibility index (Phi) is 11.2. The summed E-state index contributed by atoms with van der Waals surface area (Å²) >= 11 is 4.82. The van der Waals surface area contributed by atoms with Gasteiger partial charge in [0.1, 0.15) is 6.61 Å². The lowest BCUT2D eigenvalue weighted by Crippen LogP contribution is -2.40. The van der Waals surface area contributed by atoms with Gasteiger partial charge in [0, 0.05) is 4.47 Å². The number of carbonyl (C=O) groups is 2. The van der Waals surface area contributed by atoms with Gasteiger partial charge in [0.2, 0.25) is 6.79 Å². The molecule has 0 unspecified atom stereocenters. The van der Waals surface area contributed by atoms with Crippen LogP contribution in [-0.4, -0.2) is 57.3 Å². The second-order valence-electron chi connectivity index (χ2n) is 11.3. The zero-order valence-electron chi connectivity index (χ0n) is 29.0. The van der Waals surface area contributed by atoms with Crippen LogP contribution < -0.4 is 43.3 Å². The molecule has 0 saturated heterocycles. The Morgan fingerprint density at radius 2 is 1.75 bits per heavy atom. The number of ether oxygens (including phenoxy) is 8. The van der Waals surface area contributed by atoms with Gasteiger partial charge in [-0.25, -0.2) is 14.6 Å². The van der Waals surface area contributed by atoms with Crippen molar-refractivity contribution in [3.05, 3.63) is 101 Å². The molecule has 0 N–H and O–H groups in total. The molecule has 4 aromatic rings. The van der Waals surface area contributed by atoms with E-state index < -0.39 is 18.0 Å². The van der Waals surface area contributed by atoms with Gasteiger partial charge in [0.15, 0.2) is 45.9 Å². The standard InChI is InChI=1S/C37H35BrN2O11S/c1-6-46-29-13-22(9-11-25(29)49-18-32(41)45-5)34-33(36(43)47-7-2)20(3)39-37-40(34)35(42)31(52-37)15-23-14-27(44-4)30(16-24(23)38)48-17-21-8-10-26-28(12-21)51-19-50-26/h8-16,34H,6-7,17-19H2,1-5H3/b31-15-/t34-/m1/s1. The van der Waals surface area contributed by atoms with E-state index in [2.05, 4.69) is 20.9 Å². The number of nitrogens with zero attached hydrogens (tertiary/aromatic N) is 2. The summed E-state index contributed by atoms with van der Waals surface area (Å²) in [7, 11) is 2.80. The number of fused-ring (bicyclic) bond motifs is 2. The average molecular weight is 796 g/mol. The van der Waals surface area contributed by atoms with Gasteiger partial charge in [-0.2, -0.15) is 0 Å². The lowest BCUT2D eigenvalue weighted by atomic mass is 9.95. The van der Waals surface area contributed by atoms with Crippen molar-refractivity contribution in [1.82, 2.24) is 4.57 Å². The first-order chi connectivity index (χ1) is 25.1. The molecule has 52 heavy (non-hydrogen) atoms. The van der Waals surface area contributed by atoms with Crippen molar-refractivity contribution in [1.29, 1.82) is 0 Å². The molecule has 272 valence electrons. The third-order valence-electron chi connectivity index (χ3n) is 8.07. The van der Waals surface area contributed by atoms with E-state index >= 15 is 0 Å². The first kappa shape index (κ1) is 36.5. The molecule has 1 aromatic heterocycles. The molecule has 0 spiro atoms. The van der Waals surface area contributed by atoms with E-state index in [-0.39, 0.29) is 37.7 Å². The molecule has 2 aliphatic rings. The van der Waals surface area contributed by atoms with E-state index in [0.29, 0.717) is 71.7 Å². The zero-order chi connectivity index (χ0) is 36.9. The highest BCUT2D eigenvalue weighted by molar-refractivity contribution is 9.10. The van der Waals surface area contributed by atoms with E-state index in [1.807, 2.05) is 18.2 Å². The molecule has 0 fully saturated rings. The van der Waals surface area contributed by atoms with Gasteiger partial charge in [-0.3, -0.25) is 9.36 Å². The SMILES string of the molecule is CCOC(=O)C1=C(C)N=c2s/c(=C\c3cc(OC)c(OCc4ccc5c(c4)OCO5)cc3Br)c(=O)n2[C@@H]1c1ccc(OCC(=O)OC)c(OCC)c1. The zero-order valence-corrected chi connectivity index (χ0v) is 31.4. The van der Waals surface area contributed by atoms with Crippen LogP contribution in [0.25, 0.3) is 6.08 Å². The van der Waals surface area contributed by atoms with Crippen molar-refractivity contribution in [2.45, 2.75) is 33.4 Å². The Morgan fingerprint density at radius 3 is 2.50 bits per heavy atom. The molecular weight excluding hydrogens is 760 g/mol. The number of benzene rings is 3. The Bertz CT molecular complexity index is 2240. The number of hydrogen-bond acceptors (Lipinski definition) is 13. The number of hydrogen-bond donors (Lipinski definition) is 0. The van der Waals surface area contributed by atoms with Gasteiger partial charge in [-0.05, 0) is 79.9 Å². The number of allylic oxidation sites excluding steroid dienone is 1. The molecule has 3 heterocycles. The van der Waals surface area contributed by atoms with Crippen molar-refractivity contribution in [3.8, 4) is 34.5 Å². The van der Waals surface area contributed by atoms with Gasteiger partial charge >= 0.3 is 11.9 Å². The molecule has 0 radical (unpaired) electrons. The Balaban J connectivity index is 1.38. The molecule has 0 saturated carbocycles. The largest absolute Gasteiger partial charge is 0.493 e. The Labute approximate surface area is 310 Å². The van der Waals surface area contributed by atoms with Crippen LogP contribution >= 0.6 is 27.3 Å². The molecule has 3 aromatic carbocycles. The van der Waals surface area contributed by atoms with Gasteiger partial charge in [-0.15, -0.1) is 0 Å². The van der Waals surface area contributed by atoms with E-state index in [1.54, 1.807) is 57.2 Å². The number of methoxy groups -OCH3 is 2. The van der Waals surface area contributed by atoms with Crippen LogP contribution in [0.3, 0.4) is 0 Å². The van der Waals surface area contributed by atoms with E-state index in [1.165, 1.54) is 30.1 Å². The summed E-state index contributed by atoms with van der Waals surface area (Å²) in [4.78, 5) is 44.6. The molecule has 6 rings (SSSR count).